The quantitative estimate of drug-likeness (QED) is 0.365. The van der Waals surface area contributed by atoms with Gasteiger partial charge in [0.15, 0.2) is 0 Å². The topological polar surface area (TPSA) is 66.4 Å². The summed E-state index contributed by atoms with van der Waals surface area (Å²) >= 11 is 0. The van der Waals surface area contributed by atoms with Crippen LogP contribution >= 0.6 is 0 Å². The summed E-state index contributed by atoms with van der Waals surface area (Å²) in [6.07, 6.45) is 0. The first-order valence-electron chi connectivity index (χ1n) is 10.8. The Morgan fingerprint density at radius 3 is 1.55 bits per heavy atom. The number of hydrogen-bond donors (Lipinski definition) is 2. The van der Waals surface area contributed by atoms with Crippen LogP contribution in [-0.2, 0) is 15.6 Å². The lowest BCUT2D eigenvalue weighted by Crippen LogP contribution is -2.30. The van der Waals surface area contributed by atoms with Crippen LogP contribution in [0.4, 0.5) is 5.69 Å². The van der Waals surface area contributed by atoms with Crippen LogP contribution in [0.3, 0.4) is 0 Å². The molecule has 0 saturated carbocycles. The van der Waals surface area contributed by atoms with E-state index in [0.29, 0.717) is 22.4 Å². The molecule has 4 aromatic carbocycles. The number of sulfonamides is 1. The lowest BCUT2D eigenvalue weighted by molar-refractivity contribution is 0.126. The van der Waals surface area contributed by atoms with Gasteiger partial charge in [-0.25, -0.2) is 8.42 Å². The summed E-state index contributed by atoms with van der Waals surface area (Å²) in [6.45, 7) is 5.87. The molecule has 4 nitrogen and oxygen atoms in total. The minimum Gasteiger partial charge on any atom is -0.376 e. The first-order valence-corrected chi connectivity index (χ1v) is 12.2. The second-order valence-corrected chi connectivity index (χ2v) is 10.1. The average molecular weight is 458 g/mol. The molecule has 0 amide bonds. The van der Waals surface area contributed by atoms with Gasteiger partial charge in [-0.2, -0.15) is 0 Å². The van der Waals surface area contributed by atoms with Crippen molar-refractivity contribution >= 4 is 15.7 Å². The van der Waals surface area contributed by atoms with Crippen molar-refractivity contribution in [3.05, 3.63) is 130 Å². The number of nitrogens with one attached hydrogen (secondary N) is 1. The van der Waals surface area contributed by atoms with Gasteiger partial charge in [0, 0.05) is 5.56 Å². The SMILES string of the molecule is Cc1ccc(C(O)(c2ccc(C)cc2)c2ccccc2NS(=O)(=O)c2ccc(C)cc2)cc1. The summed E-state index contributed by atoms with van der Waals surface area (Å²) in [6, 6.07) is 28.9. The van der Waals surface area contributed by atoms with E-state index >= 15 is 0 Å². The number of hydrogen-bond acceptors (Lipinski definition) is 3. The molecule has 0 heterocycles. The highest BCUT2D eigenvalue weighted by Gasteiger charge is 2.36. The highest BCUT2D eigenvalue weighted by Crippen LogP contribution is 2.41. The molecule has 0 fully saturated rings. The molecule has 0 unspecified atom stereocenters. The zero-order chi connectivity index (χ0) is 23.6. The molecular formula is C28H27NO3S. The fraction of sp³-hybridized carbons (Fsp3) is 0.143. The predicted molar refractivity (Wildman–Crippen MR) is 133 cm³/mol. The summed E-state index contributed by atoms with van der Waals surface area (Å²) in [5, 5.41) is 12.3. The van der Waals surface area contributed by atoms with Gasteiger partial charge in [-0.3, -0.25) is 4.72 Å². The minimum absolute atomic E-state index is 0.164. The molecule has 0 bridgehead atoms. The molecule has 0 aliphatic rings. The molecule has 4 aromatic rings. The van der Waals surface area contributed by atoms with Gasteiger partial charge in [0.25, 0.3) is 10.0 Å². The van der Waals surface area contributed by atoms with Crippen LogP contribution in [0.1, 0.15) is 33.4 Å². The van der Waals surface area contributed by atoms with Gasteiger partial charge in [0.05, 0.1) is 10.6 Å². The van der Waals surface area contributed by atoms with E-state index in [4.69, 9.17) is 0 Å². The van der Waals surface area contributed by atoms with Gasteiger partial charge in [0.2, 0.25) is 0 Å². The zero-order valence-corrected chi connectivity index (χ0v) is 19.7. The number of anilines is 1. The van der Waals surface area contributed by atoms with E-state index in [2.05, 4.69) is 4.72 Å². The van der Waals surface area contributed by atoms with Crippen molar-refractivity contribution in [2.45, 2.75) is 31.3 Å². The minimum atomic E-state index is -3.85. The fourth-order valence-electron chi connectivity index (χ4n) is 3.88. The van der Waals surface area contributed by atoms with E-state index in [1.165, 1.54) is 0 Å². The van der Waals surface area contributed by atoms with Gasteiger partial charge in [-0.15, -0.1) is 0 Å². The predicted octanol–water partition coefficient (Wildman–Crippen LogP) is 5.70. The molecular weight excluding hydrogens is 430 g/mol. The normalized spacial score (nSPS) is 11.9. The van der Waals surface area contributed by atoms with E-state index in [1.807, 2.05) is 69.3 Å². The highest BCUT2D eigenvalue weighted by molar-refractivity contribution is 7.92. The number of para-hydroxylation sites is 1. The average Bonchev–Trinajstić information content (AvgIpc) is 2.80. The van der Waals surface area contributed by atoms with E-state index in [0.717, 1.165) is 16.7 Å². The Balaban J connectivity index is 1.88. The Hall–Kier alpha value is -3.41. The second kappa shape index (κ2) is 8.85. The van der Waals surface area contributed by atoms with Crippen molar-refractivity contribution in [1.82, 2.24) is 0 Å². The third-order valence-corrected chi connectivity index (χ3v) is 7.21. The van der Waals surface area contributed by atoms with Crippen LogP contribution in [-0.4, -0.2) is 13.5 Å². The first-order chi connectivity index (χ1) is 15.7. The van der Waals surface area contributed by atoms with Crippen LogP contribution in [0.5, 0.6) is 0 Å². The fourth-order valence-corrected chi connectivity index (χ4v) is 4.96. The Labute approximate surface area is 195 Å². The molecule has 0 atom stereocenters. The lowest BCUT2D eigenvalue weighted by Gasteiger charge is -2.32. The molecule has 5 heteroatoms. The van der Waals surface area contributed by atoms with E-state index in [9.17, 15) is 13.5 Å². The van der Waals surface area contributed by atoms with Crippen LogP contribution in [0.25, 0.3) is 0 Å². The standard InChI is InChI=1S/C28H27NO3S/c1-20-8-14-23(15-9-20)28(30,24-16-10-21(2)11-17-24)26-6-4-5-7-27(26)29-33(31,32)25-18-12-22(3)13-19-25/h4-19,29-30H,1-3H3. The van der Waals surface area contributed by atoms with Crippen LogP contribution < -0.4 is 4.72 Å². The maximum Gasteiger partial charge on any atom is 0.261 e. The maximum atomic E-state index is 13.2. The number of aryl methyl sites for hydroxylation is 3. The maximum absolute atomic E-state index is 13.2. The van der Waals surface area contributed by atoms with Crippen molar-refractivity contribution in [3.8, 4) is 0 Å². The van der Waals surface area contributed by atoms with Gasteiger partial charge in [-0.05, 0) is 50.1 Å². The molecule has 0 saturated heterocycles. The summed E-state index contributed by atoms with van der Waals surface area (Å²) in [5.74, 6) is 0. The first kappa shape index (κ1) is 22.8. The number of aliphatic hydroxyl groups is 1. The number of benzene rings is 4. The summed E-state index contributed by atoms with van der Waals surface area (Å²) < 4.78 is 29.0. The summed E-state index contributed by atoms with van der Waals surface area (Å²) in [5.41, 5.74) is 3.63. The zero-order valence-electron chi connectivity index (χ0n) is 18.9. The van der Waals surface area contributed by atoms with Crippen LogP contribution in [0.2, 0.25) is 0 Å². The second-order valence-electron chi connectivity index (χ2n) is 8.41. The van der Waals surface area contributed by atoms with E-state index in [1.54, 1.807) is 48.5 Å². The Bertz CT molecular complexity index is 1310. The Kier molecular flexibility index (Phi) is 6.11. The molecule has 0 aromatic heterocycles. The smallest absolute Gasteiger partial charge is 0.261 e. The Morgan fingerprint density at radius 1 is 0.636 bits per heavy atom. The molecule has 0 aliphatic carbocycles. The van der Waals surface area contributed by atoms with Gasteiger partial charge < -0.3 is 5.11 Å². The molecule has 0 radical (unpaired) electrons. The molecule has 0 spiro atoms. The largest absolute Gasteiger partial charge is 0.376 e. The van der Waals surface area contributed by atoms with Crippen LogP contribution in [0, 0.1) is 20.8 Å². The van der Waals surface area contributed by atoms with E-state index in [-0.39, 0.29) is 4.90 Å². The third-order valence-electron chi connectivity index (χ3n) is 5.83. The Morgan fingerprint density at radius 2 is 1.06 bits per heavy atom. The van der Waals surface area contributed by atoms with Crippen molar-refractivity contribution in [1.29, 1.82) is 0 Å². The monoisotopic (exact) mass is 457 g/mol. The molecule has 0 aliphatic heterocycles. The van der Waals surface area contributed by atoms with Crippen LogP contribution in [0.15, 0.2) is 102 Å². The summed E-state index contributed by atoms with van der Waals surface area (Å²) in [7, 11) is -3.85. The third kappa shape index (κ3) is 4.56. The van der Waals surface area contributed by atoms with Crippen molar-refractivity contribution in [3.63, 3.8) is 0 Å². The molecule has 4 rings (SSSR count). The van der Waals surface area contributed by atoms with E-state index < -0.39 is 15.6 Å². The molecule has 2 N–H and O–H groups in total. The highest BCUT2D eigenvalue weighted by atomic mass is 32.2. The molecule has 168 valence electrons. The van der Waals surface area contributed by atoms with Crippen molar-refractivity contribution < 1.29 is 13.5 Å². The van der Waals surface area contributed by atoms with Gasteiger partial charge >= 0.3 is 0 Å². The van der Waals surface area contributed by atoms with Crippen molar-refractivity contribution in [2.75, 3.05) is 4.72 Å². The molecule has 33 heavy (non-hydrogen) atoms. The summed E-state index contributed by atoms with van der Waals surface area (Å²) in [4.78, 5) is 0.164. The lowest BCUT2D eigenvalue weighted by atomic mass is 9.79. The number of rotatable bonds is 6. The van der Waals surface area contributed by atoms with Gasteiger partial charge in [-0.1, -0.05) is 95.6 Å². The van der Waals surface area contributed by atoms with Gasteiger partial charge in [0.1, 0.15) is 5.60 Å². The van der Waals surface area contributed by atoms with Crippen molar-refractivity contribution in [2.24, 2.45) is 0 Å².